The number of benzene rings is 1. The number of anilines is 2. The van der Waals surface area contributed by atoms with Crippen LogP contribution in [0.3, 0.4) is 0 Å². The van der Waals surface area contributed by atoms with Crippen molar-refractivity contribution in [1.82, 2.24) is 4.98 Å². The zero-order valence-electron chi connectivity index (χ0n) is 24.8. The molecule has 0 spiro atoms. The van der Waals surface area contributed by atoms with Crippen LogP contribution in [-0.4, -0.2) is 76.8 Å². The van der Waals surface area contributed by atoms with E-state index in [1.54, 1.807) is 27.3 Å². The Bertz CT molecular complexity index is 1100. The number of methoxy groups -OCH3 is 2. The SMILES string of the molecule is CCOC(=O)/C=C\[C@H](C)[C@H](CNc1ccc(O[C@@H]2CCN(c3cc(OC)ncc3Cl)C[C@H]2C)cc1)OCCCOC. The maximum atomic E-state index is 11.8. The van der Waals surface area contributed by atoms with Crippen molar-refractivity contribution < 1.29 is 28.5 Å². The molecular formula is C31H44ClN3O6. The van der Waals surface area contributed by atoms with Gasteiger partial charge in [0.15, 0.2) is 0 Å². The van der Waals surface area contributed by atoms with Gasteiger partial charge in [-0.05, 0) is 37.6 Å². The van der Waals surface area contributed by atoms with Gasteiger partial charge in [-0.1, -0.05) is 31.5 Å². The lowest BCUT2D eigenvalue weighted by molar-refractivity contribution is -0.137. The molecule has 4 atom stereocenters. The van der Waals surface area contributed by atoms with Gasteiger partial charge in [0.25, 0.3) is 0 Å². The first-order valence-corrected chi connectivity index (χ1v) is 14.6. The predicted octanol–water partition coefficient (Wildman–Crippen LogP) is 5.63. The molecule has 3 rings (SSSR count). The number of carbonyl (C=O) groups is 1. The molecule has 9 nitrogen and oxygen atoms in total. The summed E-state index contributed by atoms with van der Waals surface area (Å²) in [7, 11) is 3.28. The molecule has 0 unspecified atom stereocenters. The van der Waals surface area contributed by atoms with Gasteiger partial charge in [-0.3, -0.25) is 0 Å². The quantitative estimate of drug-likeness (QED) is 0.152. The Hall–Kier alpha value is -3.01. The number of esters is 1. The van der Waals surface area contributed by atoms with E-state index in [9.17, 15) is 4.79 Å². The van der Waals surface area contributed by atoms with Gasteiger partial charge in [0.05, 0.1) is 36.7 Å². The fraction of sp³-hybridized carbons (Fsp3) is 0.548. The minimum absolute atomic E-state index is 0.00697. The Kier molecular flexibility index (Phi) is 13.5. The molecule has 41 heavy (non-hydrogen) atoms. The number of aromatic nitrogens is 1. The molecular weight excluding hydrogens is 546 g/mol. The lowest BCUT2D eigenvalue weighted by Crippen LogP contribution is -2.44. The Morgan fingerprint density at radius 1 is 1.24 bits per heavy atom. The number of halogens is 1. The number of piperidine rings is 1. The normalized spacial score (nSPS) is 18.6. The second-order valence-electron chi connectivity index (χ2n) is 10.2. The van der Waals surface area contributed by atoms with Gasteiger partial charge in [0.1, 0.15) is 11.9 Å². The van der Waals surface area contributed by atoms with Crippen molar-refractivity contribution in [2.75, 3.05) is 63.9 Å². The van der Waals surface area contributed by atoms with Gasteiger partial charge in [-0.25, -0.2) is 9.78 Å². The van der Waals surface area contributed by atoms with Crippen molar-refractivity contribution in [1.29, 1.82) is 0 Å². The number of hydrogen-bond donors (Lipinski definition) is 1. The van der Waals surface area contributed by atoms with E-state index in [1.165, 1.54) is 6.08 Å². The van der Waals surface area contributed by atoms with E-state index in [4.69, 9.17) is 35.3 Å². The monoisotopic (exact) mass is 589 g/mol. The molecule has 0 radical (unpaired) electrons. The fourth-order valence-corrected chi connectivity index (χ4v) is 4.93. The van der Waals surface area contributed by atoms with E-state index in [2.05, 4.69) is 22.1 Å². The molecule has 1 aliphatic heterocycles. The summed E-state index contributed by atoms with van der Waals surface area (Å²) < 4.78 is 27.9. The third-order valence-corrected chi connectivity index (χ3v) is 7.36. The molecule has 1 aliphatic rings. The summed E-state index contributed by atoms with van der Waals surface area (Å²) in [5, 5.41) is 4.08. The van der Waals surface area contributed by atoms with Crippen molar-refractivity contribution in [2.45, 2.75) is 45.8 Å². The van der Waals surface area contributed by atoms with Crippen LogP contribution in [-0.2, 0) is 19.0 Å². The van der Waals surface area contributed by atoms with Crippen LogP contribution < -0.4 is 19.7 Å². The molecule has 10 heteroatoms. The molecule has 0 bridgehead atoms. The number of nitrogens with one attached hydrogen (secondary N) is 1. The first-order chi connectivity index (χ1) is 19.8. The topological polar surface area (TPSA) is 91.4 Å². The first-order valence-electron chi connectivity index (χ1n) is 14.2. The van der Waals surface area contributed by atoms with E-state index < -0.39 is 0 Å². The molecule has 1 aromatic heterocycles. The summed E-state index contributed by atoms with van der Waals surface area (Å²) >= 11 is 6.42. The highest BCUT2D eigenvalue weighted by atomic mass is 35.5. The number of pyridine rings is 1. The Morgan fingerprint density at radius 2 is 2.02 bits per heavy atom. The van der Waals surface area contributed by atoms with E-state index in [-0.39, 0.29) is 24.1 Å². The van der Waals surface area contributed by atoms with Gasteiger partial charge in [0, 0.05) is 76.0 Å². The summed E-state index contributed by atoms with van der Waals surface area (Å²) in [6.07, 6.45) is 6.59. The van der Waals surface area contributed by atoms with Crippen molar-refractivity contribution in [3.63, 3.8) is 0 Å². The highest BCUT2D eigenvalue weighted by Crippen LogP contribution is 2.33. The molecule has 1 N–H and O–H groups in total. The lowest BCUT2D eigenvalue weighted by Gasteiger charge is -2.38. The molecule has 1 saturated heterocycles. The molecule has 0 saturated carbocycles. The molecule has 226 valence electrons. The molecule has 0 amide bonds. The van der Waals surface area contributed by atoms with E-state index in [0.29, 0.717) is 43.2 Å². The Labute approximate surface area is 249 Å². The standard InChI is InChI=1S/C31H44ClN3O6/c1-6-39-31(36)13-8-22(2)29(40-17-7-16-37-4)20-33-24-9-11-25(12-10-24)41-28-14-15-35(21-23(28)3)27-18-30(38-5)34-19-26(27)32/h8-13,18-19,22-23,28-29,33H,6-7,14-17,20-21H2,1-5H3/b13-8-/t22-,23+,28+,29-/m0/s1. The van der Waals surface area contributed by atoms with E-state index >= 15 is 0 Å². The van der Waals surface area contributed by atoms with Gasteiger partial charge in [-0.2, -0.15) is 0 Å². The van der Waals surface area contributed by atoms with Gasteiger partial charge in [0.2, 0.25) is 5.88 Å². The number of carbonyl (C=O) groups excluding carboxylic acids is 1. The minimum atomic E-state index is -0.345. The zero-order chi connectivity index (χ0) is 29.6. The van der Waals surface area contributed by atoms with E-state index in [1.807, 2.05) is 43.3 Å². The second-order valence-corrected chi connectivity index (χ2v) is 10.6. The number of rotatable bonds is 16. The second kappa shape index (κ2) is 17.1. The van der Waals surface area contributed by atoms with Crippen LogP contribution in [0.15, 0.2) is 48.7 Å². The lowest BCUT2D eigenvalue weighted by atomic mass is 9.96. The summed E-state index contributed by atoms with van der Waals surface area (Å²) in [4.78, 5) is 18.2. The van der Waals surface area contributed by atoms with Crippen LogP contribution in [0.5, 0.6) is 11.6 Å². The number of nitrogens with zero attached hydrogens (tertiary/aromatic N) is 2. The van der Waals surface area contributed by atoms with Crippen LogP contribution in [0.1, 0.15) is 33.6 Å². The molecule has 1 fully saturated rings. The number of hydrogen-bond acceptors (Lipinski definition) is 9. The molecule has 0 aliphatic carbocycles. The van der Waals surface area contributed by atoms with Crippen LogP contribution in [0, 0.1) is 11.8 Å². The largest absolute Gasteiger partial charge is 0.490 e. The molecule has 1 aromatic carbocycles. The average Bonchev–Trinajstić information content (AvgIpc) is 2.97. The Morgan fingerprint density at radius 3 is 2.71 bits per heavy atom. The maximum absolute atomic E-state index is 11.8. The van der Waals surface area contributed by atoms with Crippen molar-refractivity contribution >= 4 is 28.9 Å². The third kappa shape index (κ3) is 10.4. The molecule has 2 heterocycles. The molecule has 2 aromatic rings. The van der Waals surface area contributed by atoms with Crippen LogP contribution in [0.2, 0.25) is 5.02 Å². The van der Waals surface area contributed by atoms with Crippen LogP contribution in [0.25, 0.3) is 0 Å². The van der Waals surface area contributed by atoms with Crippen molar-refractivity contribution in [3.8, 4) is 11.6 Å². The minimum Gasteiger partial charge on any atom is -0.490 e. The van der Waals surface area contributed by atoms with Crippen LogP contribution >= 0.6 is 11.6 Å². The zero-order valence-corrected chi connectivity index (χ0v) is 25.6. The smallest absolute Gasteiger partial charge is 0.330 e. The predicted molar refractivity (Wildman–Crippen MR) is 162 cm³/mol. The van der Waals surface area contributed by atoms with Crippen LogP contribution in [0.4, 0.5) is 11.4 Å². The third-order valence-electron chi connectivity index (χ3n) is 7.07. The van der Waals surface area contributed by atoms with Gasteiger partial charge >= 0.3 is 5.97 Å². The first kappa shape index (κ1) is 32.5. The summed E-state index contributed by atoms with van der Waals surface area (Å²) in [6, 6.07) is 9.89. The van der Waals surface area contributed by atoms with Crippen molar-refractivity contribution in [3.05, 3.63) is 53.7 Å². The maximum Gasteiger partial charge on any atom is 0.330 e. The summed E-state index contributed by atoms with van der Waals surface area (Å²) in [6.45, 7) is 9.81. The Balaban J connectivity index is 1.53. The van der Waals surface area contributed by atoms with Gasteiger partial charge in [-0.15, -0.1) is 0 Å². The van der Waals surface area contributed by atoms with Gasteiger partial charge < -0.3 is 33.9 Å². The van der Waals surface area contributed by atoms with Crippen molar-refractivity contribution in [2.24, 2.45) is 11.8 Å². The highest BCUT2D eigenvalue weighted by molar-refractivity contribution is 6.33. The fourth-order valence-electron chi connectivity index (χ4n) is 4.71. The van der Waals surface area contributed by atoms with E-state index in [0.717, 1.165) is 43.1 Å². The average molecular weight is 590 g/mol. The summed E-state index contributed by atoms with van der Waals surface area (Å²) in [5.74, 6) is 1.35. The summed E-state index contributed by atoms with van der Waals surface area (Å²) in [5.41, 5.74) is 1.90. The number of ether oxygens (including phenoxy) is 5. The highest BCUT2D eigenvalue weighted by Gasteiger charge is 2.29.